The van der Waals surface area contributed by atoms with Crippen LogP contribution in [0.3, 0.4) is 0 Å². The predicted octanol–water partition coefficient (Wildman–Crippen LogP) is 1.06. The second kappa shape index (κ2) is 5.30. The number of nitrogens with one attached hydrogen (secondary N) is 1. The summed E-state index contributed by atoms with van der Waals surface area (Å²) in [5, 5.41) is 3.10. The van der Waals surface area contributed by atoms with Gasteiger partial charge in [-0.1, -0.05) is 6.58 Å². The van der Waals surface area contributed by atoms with Crippen LogP contribution in [0.15, 0.2) is 12.8 Å². The van der Waals surface area contributed by atoms with E-state index in [2.05, 4.69) is 30.6 Å². The van der Waals surface area contributed by atoms with E-state index in [1.165, 1.54) is 0 Å². The van der Waals surface area contributed by atoms with E-state index in [0.29, 0.717) is 6.04 Å². The van der Waals surface area contributed by atoms with Crippen molar-refractivity contribution >= 4 is 0 Å². The van der Waals surface area contributed by atoms with E-state index >= 15 is 0 Å². The number of nitrogens with zero attached hydrogens (tertiary/aromatic N) is 1. The van der Waals surface area contributed by atoms with E-state index in [1.54, 1.807) is 0 Å². The summed E-state index contributed by atoms with van der Waals surface area (Å²) in [6.45, 7) is 10.1. The molecule has 0 fully saturated rings. The van der Waals surface area contributed by atoms with Gasteiger partial charge in [-0.15, -0.1) is 0 Å². The molecule has 0 atom stereocenters. The second-order valence-corrected chi connectivity index (χ2v) is 2.62. The van der Waals surface area contributed by atoms with Crippen molar-refractivity contribution in [1.29, 1.82) is 0 Å². The summed E-state index contributed by atoms with van der Waals surface area (Å²) in [4.78, 5) is 2.20. The highest BCUT2D eigenvalue weighted by Crippen LogP contribution is 1.95. The van der Waals surface area contributed by atoms with Gasteiger partial charge in [0.1, 0.15) is 0 Å². The minimum Gasteiger partial charge on any atom is -0.374 e. The molecular formula is C8H18N2. The lowest BCUT2D eigenvalue weighted by molar-refractivity contribution is 0.313. The number of rotatable bonds is 5. The molecule has 0 unspecified atom stereocenters. The number of likely N-dealkylation sites (N-methyl/N-ethyl adjacent to an activating group) is 1. The lowest BCUT2D eigenvalue weighted by Gasteiger charge is -2.23. The molecule has 0 radical (unpaired) electrons. The average molecular weight is 142 g/mol. The van der Waals surface area contributed by atoms with Gasteiger partial charge in [-0.2, -0.15) is 0 Å². The summed E-state index contributed by atoms with van der Waals surface area (Å²) in [6, 6.07) is 0.561. The van der Waals surface area contributed by atoms with Crippen molar-refractivity contribution in [2.45, 2.75) is 19.9 Å². The summed E-state index contributed by atoms with van der Waals surface area (Å²) in [6.07, 6.45) is 1.89. The molecule has 0 spiro atoms. The summed E-state index contributed by atoms with van der Waals surface area (Å²) in [5.74, 6) is 0. The van der Waals surface area contributed by atoms with E-state index in [1.807, 2.05) is 13.2 Å². The Kier molecular flexibility index (Phi) is 5.03. The van der Waals surface area contributed by atoms with E-state index < -0.39 is 0 Å². The Morgan fingerprint density at radius 1 is 1.60 bits per heavy atom. The third kappa shape index (κ3) is 3.51. The zero-order valence-corrected chi connectivity index (χ0v) is 7.22. The molecule has 0 aromatic heterocycles. The predicted molar refractivity (Wildman–Crippen MR) is 46.0 cm³/mol. The van der Waals surface area contributed by atoms with Crippen molar-refractivity contribution < 1.29 is 0 Å². The van der Waals surface area contributed by atoms with Crippen LogP contribution in [-0.4, -0.2) is 31.1 Å². The molecule has 0 aromatic rings. The first kappa shape index (κ1) is 9.50. The summed E-state index contributed by atoms with van der Waals surface area (Å²) < 4.78 is 0. The van der Waals surface area contributed by atoms with Crippen LogP contribution in [0.5, 0.6) is 0 Å². The average Bonchev–Trinajstić information content (AvgIpc) is 1.89. The maximum Gasteiger partial charge on any atom is 0.0300 e. The molecule has 0 saturated carbocycles. The van der Waals surface area contributed by atoms with Crippen LogP contribution in [-0.2, 0) is 0 Å². The van der Waals surface area contributed by atoms with E-state index in [-0.39, 0.29) is 0 Å². The van der Waals surface area contributed by atoms with Gasteiger partial charge in [-0.25, -0.2) is 0 Å². The highest BCUT2D eigenvalue weighted by molar-refractivity contribution is 4.74. The Labute approximate surface area is 63.9 Å². The second-order valence-electron chi connectivity index (χ2n) is 2.62. The highest BCUT2D eigenvalue weighted by Gasteiger charge is 2.00. The normalized spacial score (nSPS) is 10.0. The Hall–Kier alpha value is -0.500. The van der Waals surface area contributed by atoms with Gasteiger partial charge >= 0.3 is 0 Å². The molecular weight excluding hydrogens is 124 g/mol. The Bertz CT molecular complexity index is 89.3. The molecule has 60 valence electrons. The van der Waals surface area contributed by atoms with Crippen molar-refractivity contribution in [2.24, 2.45) is 0 Å². The summed E-state index contributed by atoms with van der Waals surface area (Å²) in [7, 11) is 1.96. The van der Waals surface area contributed by atoms with Crippen LogP contribution in [0, 0.1) is 0 Å². The van der Waals surface area contributed by atoms with Crippen LogP contribution in [0.25, 0.3) is 0 Å². The van der Waals surface area contributed by atoms with Crippen molar-refractivity contribution in [1.82, 2.24) is 10.2 Å². The maximum absolute atomic E-state index is 3.73. The molecule has 0 aromatic carbocycles. The molecule has 2 heteroatoms. The third-order valence-corrected chi connectivity index (χ3v) is 1.52. The first-order valence-electron chi connectivity index (χ1n) is 3.75. The fourth-order valence-electron chi connectivity index (χ4n) is 0.801. The van der Waals surface area contributed by atoms with Crippen LogP contribution in [0.1, 0.15) is 13.8 Å². The first-order chi connectivity index (χ1) is 4.72. The molecule has 0 aliphatic heterocycles. The van der Waals surface area contributed by atoms with E-state index in [9.17, 15) is 0 Å². The Balaban J connectivity index is 3.50. The SMILES string of the molecule is C=CN(CCNC)C(C)C. The van der Waals surface area contributed by atoms with Crippen molar-refractivity contribution in [2.75, 3.05) is 20.1 Å². The zero-order chi connectivity index (χ0) is 7.98. The lowest BCUT2D eigenvalue weighted by atomic mass is 10.3. The summed E-state index contributed by atoms with van der Waals surface area (Å²) >= 11 is 0. The zero-order valence-electron chi connectivity index (χ0n) is 7.22. The van der Waals surface area contributed by atoms with Gasteiger partial charge in [-0.05, 0) is 27.1 Å². The molecule has 0 heterocycles. The fourth-order valence-corrected chi connectivity index (χ4v) is 0.801. The third-order valence-electron chi connectivity index (χ3n) is 1.52. The standard InChI is InChI=1S/C8H18N2/c1-5-10(8(2)3)7-6-9-4/h5,8-9H,1,6-7H2,2-4H3. The molecule has 2 nitrogen and oxygen atoms in total. The van der Waals surface area contributed by atoms with Gasteiger partial charge in [0, 0.05) is 19.1 Å². The van der Waals surface area contributed by atoms with Gasteiger partial charge < -0.3 is 10.2 Å². The Morgan fingerprint density at radius 3 is 2.50 bits per heavy atom. The molecule has 0 amide bonds. The highest BCUT2D eigenvalue weighted by atomic mass is 15.1. The van der Waals surface area contributed by atoms with Gasteiger partial charge in [0.25, 0.3) is 0 Å². The molecule has 0 aliphatic carbocycles. The monoisotopic (exact) mass is 142 g/mol. The number of hydrogen-bond acceptors (Lipinski definition) is 2. The molecule has 0 saturated heterocycles. The largest absolute Gasteiger partial charge is 0.374 e. The van der Waals surface area contributed by atoms with Crippen LogP contribution in [0.2, 0.25) is 0 Å². The van der Waals surface area contributed by atoms with Crippen LogP contribution < -0.4 is 5.32 Å². The smallest absolute Gasteiger partial charge is 0.0300 e. The Morgan fingerprint density at radius 2 is 2.20 bits per heavy atom. The van der Waals surface area contributed by atoms with Crippen molar-refractivity contribution in [3.63, 3.8) is 0 Å². The van der Waals surface area contributed by atoms with E-state index in [0.717, 1.165) is 13.1 Å². The van der Waals surface area contributed by atoms with Crippen molar-refractivity contribution in [3.8, 4) is 0 Å². The van der Waals surface area contributed by atoms with Crippen molar-refractivity contribution in [3.05, 3.63) is 12.8 Å². The summed E-state index contributed by atoms with van der Waals surface area (Å²) in [5.41, 5.74) is 0. The van der Waals surface area contributed by atoms with E-state index in [4.69, 9.17) is 0 Å². The van der Waals surface area contributed by atoms with Gasteiger partial charge in [0.05, 0.1) is 0 Å². The fraction of sp³-hybridized carbons (Fsp3) is 0.750. The lowest BCUT2D eigenvalue weighted by Crippen LogP contribution is -2.31. The topological polar surface area (TPSA) is 15.3 Å². The number of hydrogen-bond donors (Lipinski definition) is 1. The molecule has 1 N–H and O–H groups in total. The van der Waals surface area contributed by atoms with Gasteiger partial charge in [0.15, 0.2) is 0 Å². The minimum absolute atomic E-state index is 0.561. The molecule has 0 aliphatic rings. The van der Waals surface area contributed by atoms with Gasteiger partial charge in [-0.3, -0.25) is 0 Å². The first-order valence-corrected chi connectivity index (χ1v) is 3.75. The van der Waals surface area contributed by atoms with Crippen LogP contribution in [0.4, 0.5) is 0 Å². The van der Waals surface area contributed by atoms with Crippen LogP contribution >= 0.6 is 0 Å². The van der Waals surface area contributed by atoms with Gasteiger partial charge in [0.2, 0.25) is 0 Å². The maximum atomic E-state index is 3.73. The minimum atomic E-state index is 0.561. The molecule has 10 heavy (non-hydrogen) atoms. The molecule has 0 rings (SSSR count). The molecule has 0 bridgehead atoms. The quantitative estimate of drug-likeness (QED) is 0.617.